The minimum Gasteiger partial charge on any atom is -0.381 e. The summed E-state index contributed by atoms with van der Waals surface area (Å²) in [6, 6.07) is 0. The summed E-state index contributed by atoms with van der Waals surface area (Å²) in [7, 11) is 0. The van der Waals surface area contributed by atoms with Crippen LogP contribution in [0.1, 0.15) is 26.7 Å². The molecule has 1 fully saturated rings. The molecule has 1 rings (SSSR count). The molecule has 94 valence electrons. The highest BCUT2D eigenvalue weighted by molar-refractivity contribution is 5.76. The van der Waals surface area contributed by atoms with E-state index in [0.717, 1.165) is 45.8 Å². The van der Waals surface area contributed by atoms with Gasteiger partial charge in [0.1, 0.15) is 0 Å². The van der Waals surface area contributed by atoms with Crippen molar-refractivity contribution in [3.63, 3.8) is 0 Å². The molecule has 1 heterocycles. The van der Waals surface area contributed by atoms with Gasteiger partial charge in [-0.15, -0.1) is 0 Å². The molecule has 1 aliphatic heterocycles. The Morgan fingerprint density at radius 1 is 1.38 bits per heavy atom. The van der Waals surface area contributed by atoms with Gasteiger partial charge >= 0.3 is 0 Å². The van der Waals surface area contributed by atoms with Gasteiger partial charge in [0, 0.05) is 18.9 Å². The maximum absolute atomic E-state index is 11.4. The number of amides is 1. The van der Waals surface area contributed by atoms with Gasteiger partial charge < -0.3 is 15.0 Å². The summed E-state index contributed by atoms with van der Waals surface area (Å²) in [5.41, 5.74) is 0. The molecule has 16 heavy (non-hydrogen) atoms. The van der Waals surface area contributed by atoms with E-state index >= 15 is 0 Å². The first-order valence-electron chi connectivity index (χ1n) is 6.33. The summed E-state index contributed by atoms with van der Waals surface area (Å²) < 4.78 is 5.04. The van der Waals surface area contributed by atoms with E-state index in [1.165, 1.54) is 0 Å². The van der Waals surface area contributed by atoms with Crippen molar-refractivity contribution in [3.8, 4) is 0 Å². The van der Waals surface area contributed by atoms with Crippen LogP contribution < -0.4 is 5.32 Å². The molecule has 0 spiro atoms. The molecule has 1 aliphatic rings. The van der Waals surface area contributed by atoms with Gasteiger partial charge in [0.25, 0.3) is 0 Å². The van der Waals surface area contributed by atoms with Crippen LogP contribution in [0.25, 0.3) is 0 Å². The monoisotopic (exact) mass is 228 g/mol. The van der Waals surface area contributed by atoms with Crippen molar-refractivity contribution < 1.29 is 9.53 Å². The van der Waals surface area contributed by atoms with Crippen LogP contribution >= 0.6 is 0 Å². The number of rotatable bonds is 8. The highest BCUT2D eigenvalue weighted by Gasteiger charge is 2.21. The van der Waals surface area contributed by atoms with Crippen molar-refractivity contribution in [2.45, 2.75) is 26.7 Å². The van der Waals surface area contributed by atoms with E-state index in [4.69, 9.17) is 4.74 Å². The molecule has 1 N–H and O–H groups in total. The van der Waals surface area contributed by atoms with E-state index in [0.29, 0.717) is 12.3 Å². The van der Waals surface area contributed by atoms with E-state index in [9.17, 15) is 4.79 Å². The van der Waals surface area contributed by atoms with Crippen LogP contribution in [0, 0.1) is 5.92 Å². The second-order valence-corrected chi connectivity index (χ2v) is 4.34. The fourth-order valence-corrected chi connectivity index (χ4v) is 1.81. The molecule has 1 amide bonds. The second-order valence-electron chi connectivity index (χ2n) is 4.34. The van der Waals surface area contributed by atoms with Gasteiger partial charge in [0.15, 0.2) is 0 Å². The van der Waals surface area contributed by atoms with E-state index < -0.39 is 0 Å². The lowest BCUT2D eigenvalue weighted by atomic mass is 10.0. The van der Waals surface area contributed by atoms with Crippen LogP contribution in [-0.4, -0.2) is 50.2 Å². The Labute approximate surface area is 98.3 Å². The molecule has 1 saturated heterocycles. The summed E-state index contributed by atoms with van der Waals surface area (Å²) in [4.78, 5) is 13.8. The van der Waals surface area contributed by atoms with Gasteiger partial charge in [-0.1, -0.05) is 13.8 Å². The van der Waals surface area contributed by atoms with Crippen molar-refractivity contribution in [3.05, 3.63) is 0 Å². The van der Waals surface area contributed by atoms with Crippen molar-refractivity contribution in [1.29, 1.82) is 0 Å². The Balaban J connectivity index is 1.95. The molecule has 0 aliphatic carbocycles. The first-order valence-corrected chi connectivity index (χ1v) is 6.33. The predicted octanol–water partition coefficient (Wildman–Crippen LogP) is 0.871. The average Bonchev–Trinajstić information content (AvgIpc) is 2.24. The van der Waals surface area contributed by atoms with Crippen LogP contribution in [0.2, 0.25) is 0 Å². The van der Waals surface area contributed by atoms with Crippen LogP contribution in [-0.2, 0) is 9.53 Å². The lowest BCUT2D eigenvalue weighted by Gasteiger charge is -2.25. The fourth-order valence-electron chi connectivity index (χ4n) is 1.81. The fraction of sp³-hybridized carbons (Fsp3) is 0.917. The number of hydrogen-bond donors (Lipinski definition) is 1. The zero-order valence-electron chi connectivity index (χ0n) is 10.5. The number of nitrogens with zero attached hydrogens (tertiary/aromatic N) is 1. The van der Waals surface area contributed by atoms with Crippen LogP contribution in [0.4, 0.5) is 0 Å². The lowest BCUT2D eigenvalue weighted by Crippen LogP contribution is -2.35. The summed E-state index contributed by atoms with van der Waals surface area (Å²) in [6.07, 6.45) is 1.67. The van der Waals surface area contributed by atoms with Crippen molar-refractivity contribution in [2.24, 2.45) is 5.92 Å². The molecular weight excluding hydrogens is 204 g/mol. The zero-order valence-corrected chi connectivity index (χ0v) is 10.5. The molecule has 0 atom stereocenters. The number of ether oxygens (including phenoxy) is 1. The molecule has 4 heteroatoms. The second kappa shape index (κ2) is 7.63. The molecule has 0 saturated carbocycles. The zero-order chi connectivity index (χ0) is 11.8. The Hall–Kier alpha value is -0.610. The summed E-state index contributed by atoms with van der Waals surface area (Å²) >= 11 is 0. The Kier molecular flexibility index (Phi) is 6.42. The molecule has 0 radical (unpaired) electrons. The minimum absolute atomic E-state index is 0.174. The summed E-state index contributed by atoms with van der Waals surface area (Å²) in [5, 5.41) is 2.96. The van der Waals surface area contributed by atoms with Crippen LogP contribution in [0.3, 0.4) is 0 Å². The first-order chi connectivity index (χ1) is 7.76. The van der Waals surface area contributed by atoms with Crippen molar-refractivity contribution >= 4 is 5.91 Å². The van der Waals surface area contributed by atoms with Gasteiger partial charge in [-0.05, 0) is 26.1 Å². The van der Waals surface area contributed by atoms with Gasteiger partial charge in [-0.25, -0.2) is 0 Å². The predicted molar refractivity (Wildman–Crippen MR) is 64.3 cm³/mol. The van der Waals surface area contributed by atoms with Crippen LogP contribution in [0.15, 0.2) is 0 Å². The average molecular weight is 228 g/mol. The summed E-state index contributed by atoms with van der Waals surface area (Å²) in [5.74, 6) is 0.635. The summed E-state index contributed by atoms with van der Waals surface area (Å²) in [6.45, 7) is 9.88. The Morgan fingerprint density at radius 2 is 2.06 bits per heavy atom. The quantitative estimate of drug-likeness (QED) is 0.627. The van der Waals surface area contributed by atoms with E-state index in [2.05, 4.69) is 24.1 Å². The van der Waals surface area contributed by atoms with E-state index in [1.807, 2.05) is 0 Å². The van der Waals surface area contributed by atoms with Gasteiger partial charge in [0.2, 0.25) is 5.91 Å². The SMILES string of the molecule is CCN(CC)CCCNC(=O)CC1COC1. The van der Waals surface area contributed by atoms with E-state index in [1.54, 1.807) is 0 Å². The molecule has 0 unspecified atom stereocenters. The maximum atomic E-state index is 11.4. The third kappa shape index (κ3) is 4.94. The van der Waals surface area contributed by atoms with Gasteiger partial charge in [0.05, 0.1) is 13.2 Å². The highest BCUT2D eigenvalue weighted by atomic mass is 16.5. The highest BCUT2D eigenvalue weighted by Crippen LogP contribution is 2.13. The third-order valence-corrected chi connectivity index (χ3v) is 3.05. The largest absolute Gasteiger partial charge is 0.381 e. The van der Waals surface area contributed by atoms with Gasteiger partial charge in [-0.2, -0.15) is 0 Å². The lowest BCUT2D eigenvalue weighted by molar-refractivity contribution is -0.126. The Bertz CT molecular complexity index is 201. The topological polar surface area (TPSA) is 41.6 Å². The number of hydrogen-bond acceptors (Lipinski definition) is 3. The maximum Gasteiger partial charge on any atom is 0.220 e. The molecule has 4 nitrogen and oxygen atoms in total. The molecule has 0 aromatic rings. The molecular formula is C12H24N2O2. The molecule has 0 aromatic heterocycles. The number of carbonyl (C=O) groups excluding carboxylic acids is 1. The van der Waals surface area contributed by atoms with Crippen LogP contribution in [0.5, 0.6) is 0 Å². The van der Waals surface area contributed by atoms with Gasteiger partial charge in [-0.3, -0.25) is 4.79 Å². The van der Waals surface area contributed by atoms with Crippen molar-refractivity contribution in [2.75, 3.05) is 39.4 Å². The number of carbonyl (C=O) groups is 1. The smallest absolute Gasteiger partial charge is 0.220 e. The van der Waals surface area contributed by atoms with E-state index in [-0.39, 0.29) is 5.91 Å². The first kappa shape index (κ1) is 13.5. The Morgan fingerprint density at radius 3 is 2.56 bits per heavy atom. The number of nitrogens with one attached hydrogen (secondary N) is 1. The normalized spacial score (nSPS) is 16.2. The minimum atomic E-state index is 0.174. The standard InChI is InChI=1S/C12H24N2O2/c1-3-14(4-2)7-5-6-13-12(15)8-11-9-16-10-11/h11H,3-10H2,1-2H3,(H,13,15). The molecule has 0 aromatic carbocycles. The van der Waals surface area contributed by atoms with Crippen molar-refractivity contribution in [1.82, 2.24) is 10.2 Å². The molecule has 0 bridgehead atoms. The third-order valence-electron chi connectivity index (χ3n) is 3.05.